The van der Waals surface area contributed by atoms with Crippen molar-refractivity contribution in [2.45, 2.75) is 19.6 Å². The van der Waals surface area contributed by atoms with Gasteiger partial charge in [-0.25, -0.2) is 13.2 Å². The molecule has 13 heteroatoms. The molecule has 0 unspecified atom stereocenters. The maximum atomic E-state index is 12.5. The van der Waals surface area contributed by atoms with Gasteiger partial charge in [-0.05, 0) is 37.3 Å². The zero-order valence-corrected chi connectivity index (χ0v) is 17.5. The fourth-order valence-corrected chi connectivity index (χ4v) is 3.88. The third-order valence-corrected chi connectivity index (χ3v) is 5.59. The lowest BCUT2D eigenvalue weighted by Crippen LogP contribution is -2.41. The van der Waals surface area contributed by atoms with Gasteiger partial charge < -0.3 is 19.7 Å². The molecule has 2 aliphatic rings. The standard InChI is InChI=1S/C18H16ClF2N3O6S/c1-10(16(25)22-11-4-5-14(13(19)9-11)30-18(20)21)29-17(26)12-3-2-6-24-7-8-31(27,28)23-15(12)24/h2-6,9-10,18H,7-8H2,1H3,(H,22,25)/t10-/m0/s1. The minimum Gasteiger partial charge on any atom is -0.449 e. The number of esters is 1. The summed E-state index contributed by atoms with van der Waals surface area (Å²) in [6.45, 7) is -1.62. The van der Waals surface area contributed by atoms with Crippen molar-refractivity contribution in [3.05, 3.63) is 47.1 Å². The molecule has 166 valence electrons. The van der Waals surface area contributed by atoms with Gasteiger partial charge >= 0.3 is 12.6 Å². The molecule has 0 fully saturated rings. The Morgan fingerprint density at radius 1 is 1.32 bits per heavy atom. The number of ether oxygens (including phenoxy) is 2. The number of anilines is 1. The number of nitrogens with zero attached hydrogens (tertiary/aromatic N) is 2. The smallest absolute Gasteiger partial charge is 0.387 e. The van der Waals surface area contributed by atoms with Crippen molar-refractivity contribution in [1.82, 2.24) is 4.90 Å². The number of sulfonamides is 1. The Labute approximate surface area is 181 Å². The van der Waals surface area contributed by atoms with E-state index in [4.69, 9.17) is 16.3 Å². The van der Waals surface area contributed by atoms with Crippen LogP contribution in [0.25, 0.3) is 0 Å². The first-order chi connectivity index (χ1) is 14.6. The predicted molar refractivity (Wildman–Crippen MR) is 107 cm³/mol. The van der Waals surface area contributed by atoms with Gasteiger partial charge in [0.25, 0.3) is 15.9 Å². The minimum atomic E-state index is -3.71. The molecule has 0 radical (unpaired) electrons. The van der Waals surface area contributed by atoms with Gasteiger partial charge in [0.2, 0.25) is 0 Å². The fourth-order valence-electron chi connectivity index (χ4n) is 2.67. The third kappa shape index (κ3) is 5.58. The van der Waals surface area contributed by atoms with Gasteiger partial charge in [-0.3, -0.25) is 4.79 Å². The van der Waals surface area contributed by atoms with E-state index in [0.717, 1.165) is 6.07 Å². The zero-order valence-electron chi connectivity index (χ0n) is 15.9. The van der Waals surface area contributed by atoms with Gasteiger partial charge in [-0.2, -0.15) is 8.78 Å². The number of rotatable bonds is 6. The van der Waals surface area contributed by atoms with Crippen LogP contribution in [0.3, 0.4) is 0 Å². The normalized spacial score (nSPS) is 17.9. The first kappa shape index (κ1) is 22.7. The molecule has 0 saturated carbocycles. The highest BCUT2D eigenvalue weighted by Crippen LogP contribution is 2.29. The molecular formula is C18H16ClF2N3O6S. The largest absolute Gasteiger partial charge is 0.449 e. The fraction of sp³-hybridized carbons (Fsp3) is 0.278. The summed E-state index contributed by atoms with van der Waals surface area (Å²) in [5.74, 6) is -2.20. The van der Waals surface area contributed by atoms with Crippen LogP contribution in [0.15, 0.2) is 46.5 Å². The second-order valence-corrected chi connectivity index (χ2v) is 8.54. The lowest BCUT2D eigenvalue weighted by atomic mass is 10.1. The van der Waals surface area contributed by atoms with E-state index < -0.39 is 34.6 Å². The molecule has 3 rings (SSSR count). The van der Waals surface area contributed by atoms with Crippen LogP contribution in [-0.4, -0.2) is 56.0 Å². The number of carbonyl (C=O) groups is 2. The number of amidine groups is 1. The number of nitrogens with one attached hydrogen (secondary N) is 1. The molecule has 0 saturated heterocycles. The summed E-state index contributed by atoms with van der Waals surface area (Å²) in [6.07, 6.45) is 3.17. The molecule has 0 aliphatic carbocycles. The minimum absolute atomic E-state index is 0.0761. The van der Waals surface area contributed by atoms with Crippen LogP contribution >= 0.6 is 11.6 Å². The Morgan fingerprint density at radius 2 is 2.06 bits per heavy atom. The molecule has 2 aliphatic heterocycles. The topological polar surface area (TPSA) is 114 Å². The van der Waals surface area contributed by atoms with Crippen molar-refractivity contribution < 1.29 is 36.3 Å². The summed E-state index contributed by atoms with van der Waals surface area (Å²) in [5.41, 5.74) is 0.0511. The number of fused-ring (bicyclic) bond motifs is 1. The van der Waals surface area contributed by atoms with E-state index in [-0.39, 0.29) is 40.2 Å². The first-order valence-corrected chi connectivity index (χ1v) is 10.8. The summed E-state index contributed by atoms with van der Waals surface area (Å²) < 4.78 is 61.1. The summed E-state index contributed by atoms with van der Waals surface area (Å²) in [7, 11) is -3.71. The molecular weight excluding hydrogens is 460 g/mol. The SMILES string of the molecule is C[C@H](OC(=O)C1=CC=CN2CCS(=O)(=O)N=C12)C(=O)Nc1ccc(OC(F)F)c(Cl)c1. The Balaban J connectivity index is 1.66. The summed E-state index contributed by atoms with van der Waals surface area (Å²) in [5, 5.41) is 2.27. The molecule has 0 aromatic heterocycles. The van der Waals surface area contributed by atoms with E-state index in [1.807, 2.05) is 0 Å². The number of amides is 1. The molecule has 1 atom stereocenters. The molecule has 1 amide bonds. The number of hydrogen-bond acceptors (Lipinski definition) is 7. The van der Waals surface area contributed by atoms with Gasteiger partial charge in [-0.15, -0.1) is 4.40 Å². The summed E-state index contributed by atoms with van der Waals surface area (Å²) in [6, 6.07) is 3.62. The summed E-state index contributed by atoms with van der Waals surface area (Å²) >= 11 is 5.83. The lowest BCUT2D eigenvalue weighted by molar-refractivity contribution is -0.148. The molecule has 31 heavy (non-hydrogen) atoms. The highest BCUT2D eigenvalue weighted by atomic mass is 35.5. The third-order valence-electron chi connectivity index (χ3n) is 4.15. The highest BCUT2D eigenvalue weighted by Gasteiger charge is 2.32. The van der Waals surface area contributed by atoms with E-state index >= 15 is 0 Å². The summed E-state index contributed by atoms with van der Waals surface area (Å²) in [4.78, 5) is 26.3. The van der Waals surface area contributed by atoms with Crippen LogP contribution in [0, 0.1) is 0 Å². The molecule has 0 bridgehead atoms. The maximum absolute atomic E-state index is 12.5. The van der Waals surface area contributed by atoms with Crippen molar-refractivity contribution in [1.29, 1.82) is 0 Å². The Kier molecular flexibility index (Phi) is 6.60. The van der Waals surface area contributed by atoms with Gasteiger partial charge in [0.05, 0.1) is 10.8 Å². The van der Waals surface area contributed by atoms with Crippen molar-refractivity contribution in [3.63, 3.8) is 0 Å². The molecule has 2 heterocycles. The second kappa shape index (κ2) is 9.02. The van der Waals surface area contributed by atoms with Crippen LogP contribution in [0.4, 0.5) is 14.5 Å². The average Bonchev–Trinajstić information content (AvgIpc) is 2.68. The molecule has 1 aromatic rings. The quantitative estimate of drug-likeness (QED) is 0.628. The van der Waals surface area contributed by atoms with Crippen molar-refractivity contribution >= 4 is 45.0 Å². The Morgan fingerprint density at radius 3 is 2.74 bits per heavy atom. The van der Waals surface area contributed by atoms with Crippen molar-refractivity contribution in [3.8, 4) is 5.75 Å². The van der Waals surface area contributed by atoms with Crippen molar-refractivity contribution in [2.75, 3.05) is 17.6 Å². The molecule has 1 N–H and O–H groups in total. The van der Waals surface area contributed by atoms with Crippen LogP contribution in [0.1, 0.15) is 6.92 Å². The molecule has 0 spiro atoms. The predicted octanol–water partition coefficient (Wildman–Crippen LogP) is 2.31. The Hall–Kier alpha value is -2.99. The molecule has 1 aromatic carbocycles. The number of halogens is 3. The number of allylic oxidation sites excluding steroid dienone is 2. The average molecular weight is 476 g/mol. The highest BCUT2D eigenvalue weighted by molar-refractivity contribution is 7.90. The van der Waals surface area contributed by atoms with E-state index in [9.17, 15) is 26.8 Å². The Bertz CT molecular complexity index is 1100. The van der Waals surface area contributed by atoms with E-state index in [1.54, 1.807) is 6.20 Å². The van der Waals surface area contributed by atoms with Crippen LogP contribution in [0.5, 0.6) is 5.75 Å². The van der Waals surface area contributed by atoms with Crippen LogP contribution in [-0.2, 0) is 24.3 Å². The van der Waals surface area contributed by atoms with Crippen LogP contribution in [0.2, 0.25) is 5.02 Å². The van der Waals surface area contributed by atoms with Crippen molar-refractivity contribution in [2.24, 2.45) is 4.40 Å². The monoisotopic (exact) mass is 475 g/mol. The zero-order chi connectivity index (χ0) is 22.8. The lowest BCUT2D eigenvalue weighted by Gasteiger charge is -2.28. The maximum Gasteiger partial charge on any atom is 0.387 e. The van der Waals surface area contributed by atoms with Gasteiger partial charge in [0, 0.05) is 18.4 Å². The number of benzene rings is 1. The number of hydrogen-bond donors (Lipinski definition) is 1. The second-order valence-electron chi connectivity index (χ2n) is 6.38. The number of carbonyl (C=O) groups excluding carboxylic acids is 2. The van der Waals surface area contributed by atoms with Gasteiger partial charge in [-0.1, -0.05) is 11.6 Å². The number of alkyl halides is 2. The van der Waals surface area contributed by atoms with Gasteiger partial charge in [0.1, 0.15) is 11.3 Å². The van der Waals surface area contributed by atoms with E-state index in [0.29, 0.717) is 0 Å². The van der Waals surface area contributed by atoms with Crippen LogP contribution < -0.4 is 10.1 Å². The molecule has 9 nitrogen and oxygen atoms in total. The van der Waals surface area contributed by atoms with E-state index in [2.05, 4.69) is 14.5 Å². The van der Waals surface area contributed by atoms with E-state index in [1.165, 1.54) is 36.1 Å². The van der Waals surface area contributed by atoms with Gasteiger partial charge in [0.15, 0.2) is 11.9 Å². The first-order valence-electron chi connectivity index (χ1n) is 8.80.